The molecule has 122 valence electrons. The molecule has 0 bridgehead atoms. The van der Waals surface area contributed by atoms with Crippen LogP contribution in [-0.2, 0) is 16.8 Å². The van der Waals surface area contributed by atoms with Gasteiger partial charge >= 0.3 is 0 Å². The van der Waals surface area contributed by atoms with Crippen molar-refractivity contribution in [3.63, 3.8) is 0 Å². The van der Waals surface area contributed by atoms with E-state index in [1.165, 1.54) is 4.31 Å². The normalized spacial score (nSPS) is 12.2. The molecule has 1 aromatic rings. The standard InChI is InChI=1S/C13H27N5O2S/c1-12-11-13(2)18(16-12)10-6-8-15-21(19,20)17(4)9-5-7-14-3/h11,14-15H,5-10H2,1-4H3. The Hall–Kier alpha value is -0.960. The molecule has 0 aliphatic rings. The van der Waals surface area contributed by atoms with Crippen LogP contribution in [0.15, 0.2) is 6.07 Å². The second-order valence-corrected chi connectivity index (χ2v) is 7.04. The minimum absolute atomic E-state index is 0.414. The van der Waals surface area contributed by atoms with Crippen molar-refractivity contribution in [1.29, 1.82) is 0 Å². The van der Waals surface area contributed by atoms with Gasteiger partial charge in [0.1, 0.15) is 0 Å². The first-order valence-corrected chi connectivity index (χ1v) is 8.67. The van der Waals surface area contributed by atoms with Gasteiger partial charge in [-0.25, -0.2) is 4.72 Å². The molecular formula is C13H27N5O2S. The van der Waals surface area contributed by atoms with Crippen LogP contribution in [0.25, 0.3) is 0 Å². The van der Waals surface area contributed by atoms with Gasteiger partial charge in [0.2, 0.25) is 0 Å². The molecule has 0 aliphatic heterocycles. The van der Waals surface area contributed by atoms with Gasteiger partial charge in [-0.05, 0) is 46.3 Å². The number of hydrogen-bond donors (Lipinski definition) is 2. The molecular weight excluding hydrogens is 290 g/mol. The molecule has 0 unspecified atom stereocenters. The lowest BCUT2D eigenvalue weighted by Gasteiger charge is -2.17. The minimum Gasteiger partial charge on any atom is -0.320 e. The SMILES string of the molecule is CNCCCN(C)S(=O)(=O)NCCCn1nc(C)cc1C. The predicted molar refractivity (Wildman–Crippen MR) is 84.4 cm³/mol. The molecule has 1 aromatic heterocycles. The summed E-state index contributed by atoms with van der Waals surface area (Å²) in [6, 6.07) is 2.01. The summed E-state index contributed by atoms with van der Waals surface area (Å²) in [5, 5.41) is 7.35. The quantitative estimate of drug-likeness (QED) is 0.607. The van der Waals surface area contributed by atoms with Crippen LogP contribution in [0, 0.1) is 13.8 Å². The van der Waals surface area contributed by atoms with Crippen molar-refractivity contribution < 1.29 is 8.42 Å². The van der Waals surface area contributed by atoms with Crippen molar-refractivity contribution in [2.75, 3.05) is 33.7 Å². The van der Waals surface area contributed by atoms with Gasteiger partial charge in [-0.2, -0.15) is 17.8 Å². The number of nitrogens with one attached hydrogen (secondary N) is 2. The van der Waals surface area contributed by atoms with E-state index in [0.29, 0.717) is 26.1 Å². The largest absolute Gasteiger partial charge is 0.320 e. The summed E-state index contributed by atoms with van der Waals surface area (Å²) in [7, 11) is 0.0749. The smallest absolute Gasteiger partial charge is 0.279 e. The highest BCUT2D eigenvalue weighted by Gasteiger charge is 2.15. The van der Waals surface area contributed by atoms with E-state index in [0.717, 1.165) is 24.4 Å². The van der Waals surface area contributed by atoms with Crippen molar-refractivity contribution in [2.45, 2.75) is 33.2 Å². The number of hydrogen-bond acceptors (Lipinski definition) is 4. The van der Waals surface area contributed by atoms with E-state index in [1.54, 1.807) is 7.05 Å². The summed E-state index contributed by atoms with van der Waals surface area (Å²) in [6.07, 6.45) is 1.51. The first kappa shape index (κ1) is 18.1. The fraction of sp³-hybridized carbons (Fsp3) is 0.769. The Bertz CT molecular complexity index is 527. The lowest BCUT2D eigenvalue weighted by molar-refractivity contribution is 0.445. The van der Waals surface area contributed by atoms with Crippen LogP contribution >= 0.6 is 0 Å². The third-order valence-electron chi connectivity index (χ3n) is 3.24. The lowest BCUT2D eigenvalue weighted by atomic mass is 10.4. The fourth-order valence-electron chi connectivity index (χ4n) is 2.04. The topological polar surface area (TPSA) is 79.3 Å². The molecule has 0 atom stereocenters. The monoisotopic (exact) mass is 317 g/mol. The van der Waals surface area contributed by atoms with E-state index in [9.17, 15) is 8.42 Å². The summed E-state index contributed by atoms with van der Waals surface area (Å²) in [6.45, 7) is 6.39. The molecule has 0 spiro atoms. The average molecular weight is 317 g/mol. The van der Waals surface area contributed by atoms with Crippen LogP contribution in [0.4, 0.5) is 0 Å². The van der Waals surface area contributed by atoms with Gasteiger partial charge in [-0.3, -0.25) is 4.68 Å². The maximum absolute atomic E-state index is 12.0. The fourth-order valence-corrected chi connectivity index (χ4v) is 3.03. The Morgan fingerprint density at radius 1 is 1.29 bits per heavy atom. The third-order valence-corrected chi connectivity index (χ3v) is 4.82. The second-order valence-electron chi connectivity index (χ2n) is 5.18. The van der Waals surface area contributed by atoms with E-state index < -0.39 is 10.2 Å². The maximum atomic E-state index is 12.0. The van der Waals surface area contributed by atoms with Gasteiger partial charge in [0, 0.05) is 32.4 Å². The number of aromatic nitrogens is 2. The number of aryl methyl sites for hydroxylation is 3. The third kappa shape index (κ3) is 6.13. The van der Waals surface area contributed by atoms with E-state index >= 15 is 0 Å². The van der Waals surface area contributed by atoms with E-state index in [-0.39, 0.29) is 0 Å². The zero-order valence-electron chi connectivity index (χ0n) is 13.4. The van der Waals surface area contributed by atoms with Gasteiger partial charge in [0.15, 0.2) is 0 Å². The van der Waals surface area contributed by atoms with Crippen LogP contribution in [0.1, 0.15) is 24.2 Å². The molecule has 1 rings (SSSR count). The van der Waals surface area contributed by atoms with Gasteiger partial charge in [0.05, 0.1) is 5.69 Å². The molecule has 1 heterocycles. The Balaban J connectivity index is 2.31. The highest BCUT2D eigenvalue weighted by Crippen LogP contribution is 2.02. The van der Waals surface area contributed by atoms with E-state index in [4.69, 9.17) is 0 Å². The van der Waals surface area contributed by atoms with Crippen LogP contribution in [-0.4, -0.2) is 56.2 Å². The van der Waals surface area contributed by atoms with Crippen molar-refractivity contribution in [3.8, 4) is 0 Å². The molecule has 0 amide bonds. The summed E-state index contributed by atoms with van der Waals surface area (Å²) < 4.78 is 29.8. The van der Waals surface area contributed by atoms with Crippen molar-refractivity contribution in [1.82, 2.24) is 24.1 Å². The average Bonchev–Trinajstić information content (AvgIpc) is 2.73. The summed E-state index contributed by atoms with van der Waals surface area (Å²) >= 11 is 0. The van der Waals surface area contributed by atoms with Gasteiger partial charge in [-0.1, -0.05) is 0 Å². The minimum atomic E-state index is -3.37. The molecule has 2 N–H and O–H groups in total. The first-order valence-electron chi connectivity index (χ1n) is 7.23. The summed E-state index contributed by atoms with van der Waals surface area (Å²) in [5.41, 5.74) is 2.08. The van der Waals surface area contributed by atoms with Crippen LogP contribution in [0.3, 0.4) is 0 Å². The van der Waals surface area contributed by atoms with Crippen molar-refractivity contribution in [2.24, 2.45) is 0 Å². The highest BCUT2D eigenvalue weighted by molar-refractivity contribution is 7.87. The zero-order chi connectivity index (χ0) is 15.9. The zero-order valence-corrected chi connectivity index (χ0v) is 14.2. The molecule has 0 fully saturated rings. The Morgan fingerprint density at radius 3 is 2.57 bits per heavy atom. The molecule has 0 radical (unpaired) electrons. The maximum Gasteiger partial charge on any atom is 0.279 e. The molecule has 21 heavy (non-hydrogen) atoms. The molecule has 8 heteroatoms. The van der Waals surface area contributed by atoms with Gasteiger partial charge < -0.3 is 5.32 Å². The summed E-state index contributed by atoms with van der Waals surface area (Å²) in [4.78, 5) is 0. The molecule has 0 aliphatic carbocycles. The predicted octanol–water partition coefficient (Wildman–Crippen LogP) is 0.266. The van der Waals surface area contributed by atoms with E-state index in [1.807, 2.05) is 31.6 Å². The van der Waals surface area contributed by atoms with Crippen molar-refractivity contribution in [3.05, 3.63) is 17.5 Å². The molecule has 0 aromatic carbocycles. The first-order chi connectivity index (χ1) is 9.86. The number of nitrogens with zero attached hydrogens (tertiary/aromatic N) is 3. The molecule has 7 nitrogen and oxygen atoms in total. The Labute approximate surface area is 127 Å². The van der Waals surface area contributed by atoms with E-state index in [2.05, 4.69) is 15.1 Å². The van der Waals surface area contributed by atoms with Crippen LogP contribution < -0.4 is 10.0 Å². The number of rotatable bonds is 10. The Morgan fingerprint density at radius 2 is 2.00 bits per heavy atom. The molecule has 0 saturated heterocycles. The Kier molecular flexibility index (Phi) is 7.30. The second kappa shape index (κ2) is 8.47. The van der Waals surface area contributed by atoms with Gasteiger partial charge in [-0.15, -0.1) is 0 Å². The molecule has 0 saturated carbocycles. The summed E-state index contributed by atoms with van der Waals surface area (Å²) in [5.74, 6) is 0. The van der Waals surface area contributed by atoms with Crippen LogP contribution in [0.5, 0.6) is 0 Å². The lowest BCUT2D eigenvalue weighted by Crippen LogP contribution is -2.39. The van der Waals surface area contributed by atoms with Crippen LogP contribution in [0.2, 0.25) is 0 Å². The van der Waals surface area contributed by atoms with Gasteiger partial charge in [0.25, 0.3) is 10.2 Å². The van der Waals surface area contributed by atoms with Crippen molar-refractivity contribution >= 4 is 10.2 Å². The highest BCUT2D eigenvalue weighted by atomic mass is 32.2.